The molecule has 3 N–H and O–H groups in total. The molecule has 3 nitrogen and oxygen atoms in total. The molecule has 0 aliphatic heterocycles. The fraction of sp³-hybridized carbons (Fsp3) is 0.235. The normalized spacial score (nSPS) is 11.5. The number of benzene rings is 2. The van der Waals surface area contributed by atoms with Crippen molar-refractivity contribution in [3.05, 3.63) is 64.5 Å². The van der Waals surface area contributed by atoms with Gasteiger partial charge < -0.3 is 11.1 Å². The molecule has 0 saturated heterocycles. The Hall–Kier alpha value is -2.36. The van der Waals surface area contributed by atoms with Gasteiger partial charge in [0.2, 0.25) is 0 Å². The van der Waals surface area contributed by atoms with Gasteiger partial charge in [0.25, 0.3) is 0 Å². The first-order valence-corrected chi connectivity index (χ1v) is 6.84. The second-order valence-corrected chi connectivity index (χ2v) is 5.29. The van der Waals surface area contributed by atoms with Crippen LogP contribution in [0.1, 0.15) is 22.3 Å². The van der Waals surface area contributed by atoms with Crippen molar-refractivity contribution >= 4 is 11.6 Å². The molecule has 21 heavy (non-hydrogen) atoms. The van der Waals surface area contributed by atoms with Gasteiger partial charge in [0, 0.05) is 5.69 Å². The van der Waals surface area contributed by atoms with Gasteiger partial charge in [-0.1, -0.05) is 18.2 Å². The number of nitrogens with two attached hydrogens (primary N) is 1. The Morgan fingerprint density at radius 2 is 1.76 bits per heavy atom. The van der Waals surface area contributed by atoms with Crippen molar-refractivity contribution in [1.82, 2.24) is 0 Å². The van der Waals surface area contributed by atoms with E-state index in [1.165, 1.54) is 17.2 Å². The minimum atomic E-state index is -0.205. The number of aliphatic imine (C=N–C) groups is 1. The minimum Gasteiger partial charge on any atom is -0.370 e. The van der Waals surface area contributed by atoms with Crippen molar-refractivity contribution < 1.29 is 4.39 Å². The first kappa shape index (κ1) is 15.0. The smallest absolute Gasteiger partial charge is 0.193 e. The van der Waals surface area contributed by atoms with Crippen LogP contribution in [0.5, 0.6) is 0 Å². The molecule has 110 valence electrons. The lowest BCUT2D eigenvalue weighted by Gasteiger charge is -2.08. The summed E-state index contributed by atoms with van der Waals surface area (Å²) in [5.41, 5.74) is 10.7. The van der Waals surface area contributed by atoms with Gasteiger partial charge in [-0.25, -0.2) is 9.38 Å². The third kappa shape index (κ3) is 4.31. The lowest BCUT2D eigenvalue weighted by atomic mass is 10.1. The van der Waals surface area contributed by atoms with E-state index in [1.807, 2.05) is 26.0 Å². The van der Waals surface area contributed by atoms with Crippen LogP contribution in [0.15, 0.2) is 41.4 Å². The number of anilines is 1. The fourth-order valence-corrected chi connectivity index (χ4v) is 2.22. The van der Waals surface area contributed by atoms with Crippen molar-refractivity contribution in [2.45, 2.75) is 27.3 Å². The van der Waals surface area contributed by atoms with Crippen molar-refractivity contribution in [3.8, 4) is 0 Å². The lowest BCUT2D eigenvalue weighted by Crippen LogP contribution is -2.22. The second kappa shape index (κ2) is 6.39. The van der Waals surface area contributed by atoms with Crippen molar-refractivity contribution in [2.24, 2.45) is 10.7 Å². The third-order valence-corrected chi connectivity index (χ3v) is 3.15. The molecule has 0 spiro atoms. The molecule has 0 heterocycles. The van der Waals surface area contributed by atoms with Crippen LogP contribution in [0.3, 0.4) is 0 Å². The number of rotatable bonds is 3. The Labute approximate surface area is 124 Å². The van der Waals surface area contributed by atoms with Gasteiger partial charge in [0.15, 0.2) is 5.96 Å². The van der Waals surface area contributed by atoms with Crippen LogP contribution in [0.4, 0.5) is 10.1 Å². The van der Waals surface area contributed by atoms with E-state index in [1.54, 1.807) is 19.1 Å². The monoisotopic (exact) mass is 285 g/mol. The number of nitrogens with one attached hydrogen (secondary N) is 1. The van der Waals surface area contributed by atoms with Gasteiger partial charge in [-0.2, -0.15) is 0 Å². The molecule has 2 aromatic carbocycles. The Morgan fingerprint density at radius 1 is 1.10 bits per heavy atom. The Bertz CT molecular complexity index is 657. The number of guanidine groups is 1. The molecular formula is C17H20FN3. The van der Waals surface area contributed by atoms with E-state index in [-0.39, 0.29) is 5.82 Å². The van der Waals surface area contributed by atoms with Gasteiger partial charge in [-0.05, 0) is 61.2 Å². The Balaban J connectivity index is 2.05. The van der Waals surface area contributed by atoms with E-state index < -0.39 is 0 Å². The number of nitrogens with zero attached hydrogens (tertiary/aromatic N) is 1. The summed E-state index contributed by atoms with van der Waals surface area (Å²) in [4.78, 5) is 4.28. The highest BCUT2D eigenvalue weighted by molar-refractivity contribution is 5.92. The van der Waals surface area contributed by atoms with Crippen LogP contribution in [-0.4, -0.2) is 5.96 Å². The van der Waals surface area contributed by atoms with Crippen LogP contribution in [0, 0.1) is 26.6 Å². The highest BCUT2D eigenvalue weighted by atomic mass is 19.1. The molecule has 2 aromatic rings. The second-order valence-electron chi connectivity index (χ2n) is 5.29. The van der Waals surface area contributed by atoms with E-state index >= 15 is 0 Å². The van der Waals surface area contributed by atoms with Gasteiger partial charge in [0.1, 0.15) is 5.82 Å². The summed E-state index contributed by atoms with van der Waals surface area (Å²) in [5.74, 6) is 0.144. The third-order valence-electron chi connectivity index (χ3n) is 3.15. The molecule has 0 aliphatic rings. The zero-order chi connectivity index (χ0) is 15.4. The molecule has 4 heteroatoms. The predicted molar refractivity (Wildman–Crippen MR) is 86.0 cm³/mol. The summed E-state index contributed by atoms with van der Waals surface area (Å²) < 4.78 is 13.2. The predicted octanol–water partition coefficient (Wildman–Crippen LogP) is 3.68. The number of halogens is 1. The summed E-state index contributed by atoms with van der Waals surface area (Å²) >= 11 is 0. The number of hydrogen-bond acceptors (Lipinski definition) is 1. The zero-order valence-corrected chi connectivity index (χ0v) is 12.6. The van der Waals surface area contributed by atoms with Crippen LogP contribution in [-0.2, 0) is 6.54 Å². The van der Waals surface area contributed by atoms with Crippen molar-refractivity contribution in [2.75, 3.05) is 5.32 Å². The van der Waals surface area contributed by atoms with Crippen LogP contribution in [0.2, 0.25) is 0 Å². The van der Waals surface area contributed by atoms with E-state index in [0.717, 1.165) is 11.3 Å². The van der Waals surface area contributed by atoms with Crippen molar-refractivity contribution in [1.29, 1.82) is 0 Å². The molecule has 2 rings (SSSR count). The molecule has 0 amide bonds. The first-order chi connectivity index (χ1) is 9.94. The zero-order valence-electron chi connectivity index (χ0n) is 12.6. The summed E-state index contributed by atoms with van der Waals surface area (Å²) in [6.07, 6.45) is 0. The molecule has 0 saturated carbocycles. The summed E-state index contributed by atoms with van der Waals surface area (Å²) in [6.45, 7) is 6.23. The summed E-state index contributed by atoms with van der Waals surface area (Å²) in [5, 5.41) is 3.07. The molecule has 0 fully saturated rings. The lowest BCUT2D eigenvalue weighted by molar-refractivity contribution is 0.617. The topological polar surface area (TPSA) is 50.4 Å². The van der Waals surface area contributed by atoms with Gasteiger partial charge in [-0.15, -0.1) is 0 Å². The average molecular weight is 285 g/mol. The molecule has 0 atom stereocenters. The first-order valence-electron chi connectivity index (χ1n) is 6.84. The molecule has 0 unspecified atom stereocenters. The number of hydrogen-bond donors (Lipinski definition) is 2. The quantitative estimate of drug-likeness (QED) is 0.667. The van der Waals surface area contributed by atoms with E-state index in [9.17, 15) is 4.39 Å². The van der Waals surface area contributed by atoms with Crippen LogP contribution >= 0.6 is 0 Å². The maximum Gasteiger partial charge on any atom is 0.193 e. The summed E-state index contributed by atoms with van der Waals surface area (Å²) in [7, 11) is 0. The number of aryl methyl sites for hydroxylation is 3. The van der Waals surface area contributed by atoms with Gasteiger partial charge in [0.05, 0.1) is 6.54 Å². The molecule has 0 bridgehead atoms. The maximum atomic E-state index is 13.2. The van der Waals surface area contributed by atoms with E-state index in [4.69, 9.17) is 5.73 Å². The summed E-state index contributed by atoms with van der Waals surface area (Å²) in [6, 6.07) is 11.1. The maximum absolute atomic E-state index is 13.2. The van der Waals surface area contributed by atoms with E-state index in [0.29, 0.717) is 18.1 Å². The molecular weight excluding hydrogens is 265 g/mol. The Kier molecular flexibility index (Phi) is 4.58. The average Bonchev–Trinajstić information content (AvgIpc) is 2.39. The largest absolute Gasteiger partial charge is 0.370 e. The SMILES string of the molecule is Cc1cc(C)cc(NC(N)=NCc2ccc(F)c(C)c2)c1. The van der Waals surface area contributed by atoms with Crippen LogP contribution < -0.4 is 11.1 Å². The van der Waals surface area contributed by atoms with Gasteiger partial charge in [-0.3, -0.25) is 0 Å². The minimum absolute atomic E-state index is 0.205. The fourth-order valence-electron chi connectivity index (χ4n) is 2.22. The van der Waals surface area contributed by atoms with Crippen molar-refractivity contribution in [3.63, 3.8) is 0 Å². The van der Waals surface area contributed by atoms with E-state index in [2.05, 4.69) is 16.4 Å². The standard InChI is InChI=1S/C17H20FN3/c1-11-6-12(2)8-15(7-11)21-17(19)20-10-14-4-5-16(18)13(3)9-14/h4-9H,10H2,1-3H3,(H3,19,20,21). The Morgan fingerprint density at radius 3 is 2.38 bits per heavy atom. The molecule has 0 radical (unpaired) electrons. The van der Waals surface area contributed by atoms with Gasteiger partial charge >= 0.3 is 0 Å². The highest BCUT2D eigenvalue weighted by Crippen LogP contribution is 2.14. The van der Waals surface area contributed by atoms with Crippen LogP contribution in [0.25, 0.3) is 0 Å². The molecule has 0 aromatic heterocycles. The molecule has 0 aliphatic carbocycles. The highest BCUT2D eigenvalue weighted by Gasteiger charge is 2.00.